The number of amides is 2. The molecule has 28 heavy (non-hydrogen) atoms. The topological polar surface area (TPSA) is 77.1 Å². The van der Waals surface area contributed by atoms with Crippen LogP contribution in [-0.4, -0.2) is 61.8 Å². The third-order valence-electron chi connectivity index (χ3n) is 4.79. The fraction of sp³-hybridized carbons (Fsp3) is 0.619. The Labute approximate surface area is 167 Å². The molecule has 0 aromatic heterocycles. The maximum atomic E-state index is 12.7. The molecular weight excluding hydrogens is 360 g/mol. The number of hydrogen-bond acceptors (Lipinski definition) is 5. The summed E-state index contributed by atoms with van der Waals surface area (Å²) >= 11 is 0. The Morgan fingerprint density at radius 3 is 2.46 bits per heavy atom. The molecule has 7 nitrogen and oxygen atoms in total. The summed E-state index contributed by atoms with van der Waals surface area (Å²) in [5, 5.41) is 2.91. The van der Waals surface area contributed by atoms with Gasteiger partial charge < -0.3 is 24.4 Å². The smallest absolute Gasteiger partial charge is 0.260 e. The second kappa shape index (κ2) is 11.0. The summed E-state index contributed by atoms with van der Waals surface area (Å²) in [5.41, 5.74) is -0.177. The molecule has 1 heterocycles. The van der Waals surface area contributed by atoms with Crippen LogP contribution in [0, 0.1) is 0 Å². The number of anilines is 1. The molecule has 2 amide bonds. The molecule has 1 fully saturated rings. The highest BCUT2D eigenvalue weighted by molar-refractivity contribution is 5.97. The Kier molecular flexibility index (Phi) is 8.73. The van der Waals surface area contributed by atoms with Crippen LogP contribution in [0.25, 0.3) is 0 Å². The highest BCUT2D eigenvalue weighted by Gasteiger charge is 2.33. The monoisotopic (exact) mass is 392 g/mol. The molecule has 2 rings (SSSR count). The third kappa shape index (κ3) is 6.49. The molecule has 1 aliphatic rings. The highest BCUT2D eigenvalue weighted by atomic mass is 16.5. The van der Waals surface area contributed by atoms with Crippen molar-refractivity contribution in [2.45, 2.75) is 45.6 Å². The zero-order valence-electron chi connectivity index (χ0n) is 17.2. The van der Waals surface area contributed by atoms with Crippen molar-refractivity contribution >= 4 is 17.5 Å². The van der Waals surface area contributed by atoms with Gasteiger partial charge in [0.25, 0.3) is 11.8 Å². The Morgan fingerprint density at radius 1 is 1.18 bits per heavy atom. The van der Waals surface area contributed by atoms with E-state index in [0.717, 1.165) is 12.8 Å². The van der Waals surface area contributed by atoms with Gasteiger partial charge in [0, 0.05) is 25.4 Å². The molecule has 7 heteroatoms. The van der Waals surface area contributed by atoms with Crippen LogP contribution in [0.1, 0.15) is 40.0 Å². The van der Waals surface area contributed by atoms with Crippen LogP contribution >= 0.6 is 0 Å². The summed E-state index contributed by atoms with van der Waals surface area (Å²) < 4.78 is 16.5. The van der Waals surface area contributed by atoms with Crippen LogP contribution in [0.3, 0.4) is 0 Å². The number of ether oxygens (including phenoxy) is 3. The Hall–Kier alpha value is -2.12. The van der Waals surface area contributed by atoms with E-state index in [-0.39, 0.29) is 18.4 Å². The Morgan fingerprint density at radius 2 is 1.86 bits per heavy atom. The molecule has 1 aromatic carbocycles. The normalized spacial score (nSPS) is 16.3. The predicted molar refractivity (Wildman–Crippen MR) is 108 cm³/mol. The van der Waals surface area contributed by atoms with Gasteiger partial charge in [0.2, 0.25) is 0 Å². The van der Waals surface area contributed by atoms with E-state index < -0.39 is 5.60 Å². The van der Waals surface area contributed by atoms with Crippen LogP contribution in [0.4, 0.5) is 5.69 Å². The Bertz CT molecular complexity index is 628. The second-order valence-corrected chi connectivity index (χ2v) is 7.03. The lowest BCUT2D eigenvalue weighted by Gasteiger charge is -2.28. The molecule has 1 aliphatic heterocycles. The summed E-state index contributed by atoms with van der Waals surface area (Å²) in [5.74, 6) is 0.376. The number of rotatable bonds is 10. The van der Waals surface area contributed by atoms with Crippen molar-refractivity contribution in [3.05, 3.63) is 24.3 Å². The molecule has 1 N–H and O–H groups in total. The minimum absolute atomic E-state index is 0.00879. The van der Waals surface area contributed by atoms with E-state index in [1.807, 2.05) is 13.8 Å². The lowest BCUT2D eigenvalue weighted by molar-refractivity contribution is -0.139. The largest absolute Gasteiger partial charge is 0.484 e. The number of nitrogens with one attached hydrogen (secondary N) is 1. The minimum Gasteiger partial charge on any atom is -0.484 e. The highest BCUT2D eigenvalue weighted by Crippen LogP contribution is 2.23. The summed E-state index contributed by atoms with van der Waals surface area (Å²) in [6.45, 7) is 8.62. The zero-order chi connectivity index (χ0) is 20.4. The SMILES string of the molecule is CCCCC(C)(OCC)C(=O)Nc1ccc(OCC(=O)N2CCOCC2)cc1. The first kappa shape index (κ1) is 22.2. The van der Waals surface area contributed by atoms with Gasteiger partial charge in [-0.15, -0.1) is 0 Å². The van der Waals surface area contributed by atoms with E-state index >= 15 is 0 Å². The van der Waals surface area contributed by atoms with E-state index in [0.29, 0.717) is 50.8 Å². The van der Waals surface area contributed by atoms with Crippen molar-refractivity contribution in [1.29, 1.82) is 0 Å². The number of benzene rings is 1. The molecule has 1 aromatic rings. The fourth-order valence-electron chi connectivity index (χ4n) is 3.03. The Balaban J connectivity index is 1.87. The van der Waals surface area contributed by atoms with Gasteiger partial charge in [-0.3, -0.25) is 9.59 Å². The fourth-order valence-corrected chi connectivity index (χ4v) is 3.03. The number of nitrogens with zero attached hydrogens (tertiary/aromatic N) is 1. The van der Waals surface area contributed by atoms with Gasteiger partial charge >= 0.3 is 0 Å². The lowest BCUT2D eigenvalue weighted by Crippen LogP contribution is -2.43. The molecule has 0 aliphatic carbocycles. The van der Waals surface area contributed by atoms with Gasteiger partial charge in [-0.25, -0.2) is 0 Å². The summed E-state index contributed by atoms with van der Waals surface area (Å²) in [6, 6.07) is 7.01. The number of carbonyl (C=O) groups is 2. The van der Waals surface area contributed by atoms with Crippen molar-refractivity contribution in [3.63, 3.8) is 0 Å². The third-order valence-corrected chi connectivity index (χ3v) is 4.79. The van der Waals surface area contributed by atoms with Gasteiger partial charge in [-0.05, 0) is 44.5 Å². The van der Waals surface area contributed by atoms with Gasteiger partial charge in [0.05, 0.1) is 13.2 Å². The van der Waals surface area contributed by atoms with Gasteiger partial charge in [0.15, 0.2) is 6.61 Å². The van der Waals surface area contributed by atoms with Crippen molar-refractivity contribution in [2.75, 3.05) is 44.8 Å². The first-order valence-corrected chi connectivity index (χ1v) is 10.0. The van der Waals surface area contributed by atoms with Crippen molar-refractivity contribution < 1.29 is 23.8 Å². The summed E-state index contributed by atoms with van der Waals surface area (Å²) in [4.78, 5) is 26.5. The maximum Gasteiger partial charge on any atom is 0.260 e. The molecular formula is C21H32N2O5. The predicted octanol–water partition coefficient (Wildman–Crippen LogP) is 2.85. The standard InChI is InChI=1S/C21H32N2O5/c1-4-6-11-21(3,28-5-2)20(25)22-17-7-9-18(10-8-17)27-16-19(24)23-12-14-26-15-13-23/h7-10H,4-6,11-16H2,1-3H3,(H,22,25). The van der Waals surface area contributed by atoms with Crippen LogP contribution in [0.5, 0.6) is 5.75 Å². The lowest BCUT2D eigenvalue weighted by atomic mass is 9.97. The first-order valence-electron chi connectivity index (χ1n) is 10.0. The molecule has 0 saturated carbocycles. The number of hydrogen-bond donors (Lipinski definition) is 1. The van der Waals surface area contributed by atoms with Crippen molar-refractivity contribution in [2.24, 2.45) is 0 Å². The van der Waals surface area contributed by atoms with E-state index in [1.165, 1.54) is 0 Å². The maximum absolute atomic E-state index is 12.7. The summed E-state index contributed by atoms with van der Waals surface area (Å²) in [6.07, 6.45) is 2.60. The average molecular weight is 392 g/mol. The second-order valence-electron chi connectivity index (χ2n) is 7.03. The van der Waals surface area contributed by atoms with Crippen molar-refractivity contribution in [1.82, 2.24) is 4.90 Å². The van der Waals surface area contributed by atoms with Crippen LogP contribution in [0.15, 0.2) is 24.3 Å². The zero-order valence-corrected chi connectivity index (χ0v) is 17.2. The summed E-state index contributed by atoms with van der Waals surface area (Å²) in [7, 11) is 0. The van der Waals surface area contributed by atoms with Crippen molar-refractivity contribution in [3.8, 4) is 5.75 Å². The first-order chi connectivity index (χ1) is 13.5. The minimum atomic E-state index is -0.843. The quantitative estimate of drug-likeness (QED) is 0.663. The van der Waals surface area contributed by atoms with Crippen LogP contribution in [-0.2, 0) is 19.1 Å². The van der Waals surface area contributed by atoms with E-state index in [1.54, 1.807) is 29.2 Å². The molecule has 156 valence electrons. The molecule has 0 radical (unpaired) electrons. The molecule has 1 saturated heterocycles. The molecule has 1 unspecified atom stereocenters. The number of carbonyl (C=O) groups excluding carboxylic acids is 2. The van der Waals surface area contributed by atoms with Gasteiger partial charge in [-0.2, -0.15) is 0 Å². The van der Waals surface area contributed by atoms with E-state index in [9.17, 15) is 9.59 Å². The van der Waals surface area contributed by atoms with E-state index in [4.69, 9.17) is 14.2 Å². The molecule has 0 spiro atoms. The van der Waals surface area contributed by atoms with Crippen LogP contribution in [0.2, 0.25) is 0 Å². The van der Waals surface area contributed by atoms with E-state index in [2.05, 4.69) is 12.2 Å². The molecule has 0 bridgehead atoms. The number of morpholine rings is 1. The van der Waals surface area contributed by atoms with Crippen LogP contribution < -0.4 is 10.1 Å². The number of unbranched alkanes of at least 4 members (excludes halogenated alkanes) is 1. The van der Waals surface area contributed by atoms with Gasteiger partial charge in [0.1, 0.15) is 11.4 Å². The molecule has 1 atom stereocenters. The average Bonchev–Trinajstić information content (AvgIpc) is 2.72. The van der Waals surface area contributed by atoms with Gasteiger partial charge in [-0.1, -0.05) is 19.8 Å².